The molecule has 1 aliphatic carbocycles. The molecule has 27 heavy (non-hydrogen) atoms. The highest BCUT2D eigenvalue weighted by Gasteiger charge is 2.57. The largest absolute Gasteiger partial charge is 0.481 e. The number of hydrogen-bond acceptors (Lipinski definition) is 4. The summed E-state index contributed by atoms with van der Waals surface area (Å²) in [6, 6.07) is 7.42. The fraction of sp³-hybridized carbons (Fsp3) is 0.579. The molecule has 4 rings (SSSR count). The molecule has 146 valence electrons. The van der Waals surface area contributed by atoms with Crippen LogP contribution in [0, 0.1) is 11.3 Å². The van der Waals surface area contributed by atoms with Gasteiger partial charge in [-0.15, -0.1) is 0 Å². The molecular weight excluding hydrogens is 368 g/mol. The summed E-state index contributed by atoms with van der Waals surface area (Å²) in [5, 5.41) is 9.72. The van der Waals surface area contributed by atoms with E-state index in [-0.39, 0.29) is 23.3 Å². The SMILES string of the molecule is O=C(C1CCCN1S(=O)(=O)c1ccccc1)N1C[C@@H]2CCC[C@@]2(C(=O)O)C1. The van der Waals surface area contributed by atoms with Crippen molar-refractivity contribution < 1.29 is 23.1 Å². The highest BCUT2D eigenvalue weighted by molar-refractivity contribution is 7.89. The highest BCUT2D eigenvalue weighted by atomic mass is 32.2. The van der Waals surface area contributed by atoms with Gasteiger partial charge in [-0.2, -0.15) is 4.31 Å². The molecule has 3 fully saturated rings. The third kappa shape index (κ3) is 2.86. The number of nitrogens with zero attached hydrogens (tertiary/aromatic N) is 2. The summed E-state index contributed by atoms with van der Waals surface area (Å²) in [6.07, 6.45) is 3.38. The third-order valence-corrected chi connectivity index (χ3v) is 8.37. The molecule has 3 aliphatic rings. The molecule has 7 nitrogen and oxygen atoms in total. The van der Waals surface area contributed by atoms with Crippen LogP contribution in [0.3, 0.4) is 0 Å². The average molecular weight is 392 g/mol. The molecule has 2 aliphatic heterocycles. The van der Waals surface area contributed by atoms with Crippen LogP contribution in [0.2, 0.25) is 0 Å². The monoisotopic (exact) mass is 392 g/mol. The summed E-state index contributed by atoms with van der Waals surface area (Å²) in [4.78, 5) is 26.8. The number of aliphatic carboxylic acids is 1. The second-order valence-corrected chi connectivity index (χ2v) is 9.75. The number of rotatable bonds is 4. The van der Waals surface area contributed by atoms with Gasteiger partial charge in [0.1, 0.15) is 6.04 Å². The molecule has 1 N–H and O–H groups in total. The fourth-order valence-electron chi connectivity index (χ4n) is 5.02. The van der Waals surface area contributed by atoms with Gasteiger partial charge in [0.15, 0.2) is 0 Å². The molecule has 2 heterocycles. The van der Waals surface area contributed by atoms with Gasteiger partial charge in [-0.3, -0.25) is 9.59 Å². The molecule has 2 saturated heterocycles. The molecule has 0 radical (unpaired) electrons. The van der Waals surface area contributed by atoms with E-state index in [0.29, 0.717) is 32.4 Å². The third-order valence-electron chi connectivity index (χ3n) is 6.45. The predicted molar refractivity (Wildman–Crippen MR) is 97.3 cm³/mol. The summed E-state index contributed by atoms with van der Waals surface area (Å²) < 4.78 is 27.3. The summed E-state index contributed by atoms with van der Waals surface area (Å²) in [5.74, 6) is -1.11. The first-order valence-corrected chi connectivity index (χ1v) is 10.9. The molecule has 3 atom stereocenters. The van der Waals surface area contributed by atoms with Crippen molar-refractivity contribution in [2.45, 2.75) is 43.0 Å². The number of amides is 1. The molecule has 1 aromatic rings. The Hall–Kier alpha value is -1.93. The van der Waals surface area contributed by atoms with Gasteiger partial charge in [0, 0.05) is 19.6 Å². The molecule has 1 unspecified atom stereocenters. The molecule has 0 bridgehead atoms. The molecule has 1 amide bonds. The van der Waals surface area contributed by atoms with E-state index in [1.807, 2.05) is 0 Å². The standard InChI is InChI=1S/C19H24N2O5S/c22-17(20-12-14-6-4-10-19(14,13-20)18(23)24)16-9-5-11-21(16)27(25,26)15-7-2-1-3-8-15/h1-3,7-8,14,16H,4-6,9-13H2,(H,23,24)/t14-,16?,19+/m0/s1. The maximum Gasteiger partial charge on any atom is 0.311 e. The van der Waals surface area contributed by atoms with Crippen LogP contribution in [-0.2, 0) is 19.6 Å². The van der Waals surface area contributed by atoms with Crippen LogP contribution in [0.15, 0.2) is 35.2 Å². The number of hydrogen-bond donors (Lipinski definition) is 1. The van der Waals surface area contributed by atoms with E-state index in [2.05, 4.69) is 0 Å². The summed E-state index contributed by atoms with van der Waals surface area (Å²) in [5.41, 5.74) is -0.850. The zero-order chi connectivity index (χ0) is 19.2. The van der Waals surface area contributed by atoms with Gasteiger partial charge in [0.05, 0.1) is 10.3 Å². The van der Waals surface area contributed by atoms with Crippen LogP contribution in [0.4, 0.5) is 0 Å². The second kappa shape index (κ2) is 6.60. The Morgan fingerprint density at radius 2 is 1.85 bits per heavy atom. The first-order valence-electron chi connectivity index (χ1n) is 9.45. The minimum atomic E-state index is -3.74. The van der Waals surface area contributed by atoms with Crippen LogP contribution in [0.5, 0.6) is 0 Å². The molecular formula is C19H24N2O5S. The van der Waals surface area contributed by atoms with Crippen molar-refractivity contribution in [3.05, 3.63) is 30.3 Å². The molecule has 1 saturated carbocycles. The molecule has 1 aromatic carbocycles. The van der Waals surface area contributed by atoms with Crippen LogP contribution in [-0.4, -0.2) is 60.3 Å². The Balaban J connectivity index is 1.57. The molecule has 8 heteroatoms. The van der Waals surface area contributed by atoms with Crippen LogP contribution in [0.25, 0.3) is 0 Å². The van der Waals surface area contributed by atoms with Crippen molar-refractivity contribution in [1.82, 2.24) is 9.21 Å². The maximum absolute atomic E-state index is 13.2. The number of carbonyl (C=O) groups excluding carboxylic acids is 1. The zero-order valence-electron chi connectivity index (χ0n) is 15.1. The Bertz CT molecular complexity index is 856. The summed E-state index contributed by atoms with van der Waals surface area (Å²) in [7, 11) is -3.74. The van der Waals surface area contributed by atoms with Gasteiger partial charge in [-0.05, 0) is 43.7 Å². The van der Waals surface area contributed by atoms with E-state index in [1.54, 1.807) is 23.1 Å². The van der Waals surface area contributed by atoms with Crippen molar-refractivity contribution in [2.75, 3.05) is 19.6 Å². The van der Waals surface area contributed by atoms with Crippen molar-refractivity contribution in [3.63, 3.8) is 0 Å². The minimum Gasteiger partial charge on any atom is -0.481 e. The van der Waals surface area contributed by atoms with Crippen molar-refractivity contribution in [1.29, 1.82) is 0 Å². The number of likely N-dealkylation sites (tertiary alicyclic amines) is 1. The Kier molecular flexibility index (Phi) is 4.50. The fourth-order valence-corrected chi connectivity index (χ4v) is 6.69. The smallest absolute Gasteiger partial charge is 0.311 e. The first kappa shape index (κ1) is 18.4. The number of carbonyl (C=O) groups is 2. The lowest BCUT2D eigenvalue weighted by molar-refractivity contribution is -0.149. The van der Waals surface area contributed by atoms with E-state index in [4.69, 9.17) is 0 Å². The van der Waals surface area contributed by atoms with Crippen molar-refractivity contribution in [3.8, 4) is 0 Å². The quantitative estimate of drug-likeness (QED) is 0.839. The van der Waals surface area contributed by atoms with Crippen LogP contribution < -0.4 is 0 Å². The lowest BCUT2D eigenvalue weighted by atomic mass is 9.81. The predicted octanol–water partition coefficient (Wildman–Crippen LogP) is 1.55. The zero-order valence-corrected chi connectivity index (χ0v) is 15.9. The van der Waals surface area contributed by atoms with E-state index in [1.165, 1.54) is 16.4 Å². The summed E-state index contributed by atoms with van der Waals surface area (Å²) >= 11 is 0. The molecule has 0 spiro atoms. The lowest BCUT2D eigenvalue weighted by Crippen LogP contribution is -2.48. The van der Waals surface area contributed by atoms with E-state index in [9.17, 15) is 23.1 Å². The van der Waals surface area contributed by atoms with Crippen LogP contribution in [0.1, 0.15) is 32.1 Å². The van der Waals surface area contributed by atoms with Gasteiger partial charge in [0.25, 0.3) is 0 Å². The number of carboxylic acids is 1. The molecule has 0 aromatic heterocycles. The van der Waals surface area contributed by atoms with E-state index < -0.39 is 27.4 Å². The first-order chi connectivity index (χ1) is 12.9. The van der Waals surface area contributed by atoms with E-state index >= 15 is 0 Å². The van der Waals surface area contributed by atoms with Crippen LogP contribution >= 0.6 is 0 Å². The second-order valence-electron chi connectivity index (χ2n) is 7.86. The number of fused-ring (bicyclic) bond motifs is 1. The van der Waals surface area contributed by atoms with Gasteiger partial charge >= 0.3 is 5.97 Å². The normalized spacial score (nSPS) is 31.2. The maximum atomic E-state index is 13.2. The highest BCUT2D eigenvalue weighted by Crippen LogP contribution is 2.49. The minimum absolute atomic E-state index is 0.0282. The van der Waals surface area contributed by atoms with Gasteiger partial charge < -0.3 is 10.0 Å². The summed E-state index contributed by atoms with van der Waals surface area (Å²) in [6.45, 7) is 0.928. The van der Waals surface area contributed by atoms with Gasteiger partial charge in [0.2, 0.25) is 15.9 Å². The van der Waals surface area contributed by atoms with Gasteiger partial charge in [-0.25, -0.2) is 8.42 Å². The van der Waals surface area contributed by atoms with E-state index in [0.717, 1.165) is 12.8 Å². The average Bonchev–Trinajstić information content (AvgIpc) is 3.36. The number of benzene rings is 1. The number of sulfonamides is 1. The lowest BCUT2D eigenvalue weighted by Gasteiger charge is -2.28. The topological polar surface area (TPSA) is 95.0 Å². The Morgan fingerprint density at radius 1 is 1.11 bits per heavy atom. The Morgan fingerprint density at radius 3 is 2.52 bits per heavy atom. The number of carboxylic acid groups (broad SMARTS) is 1. The van der Waals surface area contributed by atoms with Crippen molar-refractivity contribution >= 4 is 21.9 Å². The van der Waals surface area contributed by atoms with Gasteiger partial charge in [-0.1, -0.05) is 24.6 Å². The van der Waals surface area contributed by atoms with Crippen molar-refractivity contribution in [2.24, 2.45) is 11.3 Å². The Labute approximate surface area is 159 Å².